The first kappa shape index (κ1) is 21.2. The second kappa shape index (κ2) is 10.3. The van der Waals surface area contributed by atoms with Crippen LogP contribution in [-0.2, 0) is 6.54 Å². The van der Waals surface area contributed by atoms with Gasteiger partial charge in [0, 0.05) is 12.6 Å². The van der Waals surface area contributed by atoms with Crippen molar-refractivity contribution in [1.82, 2.24) is 15.6 Å². The van der Waals surface area contributed by atoms with Crippen molar-refractivity contribution in [3.63, 3.8) is 0 Å². The molecule has 3 aromatic rings. The highest BCUT2D eigenvalue weighted by Crippen LogP contribution is 2.19. The zero-order valence-electron chi connectivity index (χ0n) is 17.8. The molecule has 0 aliphatic carbocycles. The smallest absolute Gasteiger partial charge is 0.226 e. The first-order valence-electron chi connectivity index (χ1n) is 9.84. The monoisotopic (exact) mass is 408 g/mol. The highest BCUT2D eigenvalue weighted by atomic mass is 16.5. The van der Waals surface area contributed by atoms with Crippen LogP contribution in [0.25, 0.3) is 11.5 Å². The lowest BCUT2D eigenvalue weighted by Crippen LogP contribution is -2.41. The summed E-state index contributed by atoms with van der Waals surface area (Å²) in [5, 5.41) is 6.50. The predicted octanol–water partition coefficient (Wildman–Crippen LogP) is 3.79. The van der Waals surface area contributed by atoms with E-state index in [1.807, 2.05) is 55.5 Å². The highest BCUT2D eigenvalue weighted by Gasteiger charge is 2.09. The summed E-state index contributed by atoms with van der Waals surface area (Å²) in [5.74, 6) is 2.87. The molecule has 0 radical (unpaired) electrons. The third-order valence-corrected chi connectivity index (χ3v) is 4.46. The van der Waals surface area contributed by atoms with Gasteiger partial charge in [-0.1, -0.05) is 17.7 Å². The Kier molecular flexibility index (Phi) is 7.32. The summed E-state index contributed by atoms with van der Waals surface area (Å²) in [6, 6.07) is 15.6. The quantitative estimate of drug-likeness (QED) is 0.436. The number of hydrogen-bond acceptors (Lipinski definition) is 5. The van der Waals surface area contributed by atoms with Crippen LogP contribution in [-0.4, -0.2) is 37.7 Å². The van der Waals surface area contributed by atoms with Crippen LogP contribution in [0, 0.1) is 6.92 Å². The van der Waals surface area contributed by atoms with E-state index in [0.29, 0.717) is 24.9 Å². The number of nitrogens with zero attached hydrogens (tertiary/aromatic N) is 2. The Morgan fingerprint density at radius 2 is 1.77 bits per heavy atom. The van der Waals surface area contributed by atoms with E-state index in [2.05, 4.69) is 27.5 Å². The molecule has 0 bridgehead atoms. The number of ether oxygens (including phenoxy) is 2. The van der Waals surface area contributed by atoms with Crippen LogP contribution < -0.4 is 20.1 Å². The van der Waals surface area contributed by atoms with Crippen molar-refractivity contribution in [2.24, 2.45) is 4.99 Å². The molecule has 2 aromatic carbocycles. The molecule has 0 aliphatic heterocycles. The van der Waals surface area contributed by atoms with Gasteiger partial charge in [0.2, 0.25) is 5.89 Å². The van der Waals surface area contributed by atoms with Gasteiger partial charge in [0.15, 0.2) is 5.96 Å². The lowest BCUT2D eigenvalue weighted by Gasteiger charge is -2.17. The van der Waals surface area contributed by atoms with Gasteiger partial charge in [0.05, 0.1) is 25.9 Å². The SMILES string of the molecule is CN=C(NCc1coc(-c2ccc(C)cc2)n1)NCC(C)Oc1ccc(OC)cc1. The molecular formula is C23H28N4O3. The topological polar surface area (TPSA) is 80.9 Å². The van der Waals surface area contributed by atoms with Gasteiger partial charge in [0.1, 0.15) is 23.9 Å². The molecule has 30 heavy (non-hydrogen) atoms. The van der Waals surface area contributed by atoms with Crippen molar-refractivity contribution < 1.29 is 13.9 Å². The Labute approximate surface area is 177 Å². The maximum absolute atomic E-state index is 5.90. The van der Waals surface area contributed by atoms with Gasteiger partial charge in [0.25, 0.3) is 0 Å². The molecule has 1 atom stereocenters. The van der Waals surface area contributed by atoms with Crippen molar-refractivity contribution >= 4 is 5.96 Å². The minimum atomic E-state index is -0.0443. The lowest BCUT2D eigenvalue weighted by atomic mass is 10.1. The van der Waals surface area contributed by atoms with Gasteiger partial charge in [-0.25, -0.2) is 4.98 Å². The first-order chi connectivity index (χ1) is 14.6. The Morgan fingerprint density at radius 1 is 1.07 bits per heavy atom. The molecule has 0 fully saturated rings. The van der Waals surface area contributed by atoms with Gasteiger partial charge in [-0.3, -0.25) is 4.99 Å². The molecule has 3 rings (SSSR count). The van der Waals surface area contributed by atoms with E-state index in [1.165, 1.54) is 5.56 Å². The van der Waals surface area contributed by atoms with Crippen molar-refractivity contribution in [2.75, 3.05) is 20.7 Å². The summed E-state index contributed by atoms with van der Waals surface area (Å²) in [4.78, 5) is 8.78. The van der Waals surface area contributed by atoms with Crippen molar-refractivity contribution in [2.45, 2.75) is 26.5 Å². The van der Waals surface area contributed by atoms with E-state index in [9.17, 15) is 0 Å². The largest absolute Gasteiger partial charge is 0.497 e. The Hall–Kier alpha value is -3.48. The van der Waals surface area contributed by atoms with Gasteiger partial charge >= 0.3 is 0 Å². The van der Waals surface area contributed by atoms with Crippen molar-refractivity contribution in [3.8, 4) is 23.0 Å². The van der Waals surface area contributed by atoms with Crippen molar-refractivity contribution in [1.29, 1.82) is 0 Å². The fraction of sp³-hybridized carbons (Fsp3) is 0.304. The van der Waals surface area contributed by atoms with E-state index in [1.54, 1.807) is 20.4 Å². The number of hydrogen-bond donors (Lipinski definition) is 2. The molecular weight excluding hydrogens is 380 g/mol. The summed E-state index contributed by atoms with van der Waals surface area (Å²) >= 11 is 0. The van der Waals surface area contributed by atoms with Crippen LogP contribution in [0.3, 0.4) is 0 Å². The van der Waals surface area contributed by atoms with E-state index in [-0.39, 0.29) is 6.10 Å². The number of aryl methyl sites for hydroxylation is 1. The van der Waals surface area contributed by atoms with E-state index >= 15 is 0 Å². The maximum Gasteiger partial charge on any atom is 0.226 e. The van der Waals surface area contributed by atoms with E-state index in [0.717, 1.165) is 22.8 Å². The standard InChI is InChI=1S/C23H28N4O3/c1-16-5-7-18(8-6-16)22-27-19(15-29-22)14-26-23(24-3)25-13-17(2)30-21-11-9-20(28-4)10-12-21/h5-12,15,17H,13-14H2,1-4H3,(H2,24,25,26). The molecule has 1 heterocycles. The second-order valence-corrected chi connectivity index (χ2v) is 6.92. The molecule has 0 aliphatic rings. The predicted molar refractivity (Wildman–Crippen MR) is 118 cm³/mol. The fourth-order valence-electron chi connectivity index (χ4n) is 2.78. The molecule has 0 amide bonds. The number of methoxy groups -OCH3 is 1. The van der Waals surface area contributed by atoms with Gasteiger partial charge in [-0.15, -0.1) is 0 Å². The number of nitrogens with one attached hydrogen (secondary N) is 2. The summed E-state index contributed by atoms with van der Waals surface area (Å²) in [7, 11) is 3.37. The first-order valence-corrected chi connectivity index (χ1v) is 9.84. The zero-order chi connectivity index (χ0) is 21.3. The average molecular weight is 409 g/mol. The van der Waals surface area contributed by atoms with Crippen molar-refractivity contribution in [3.05, 3.63) is 66.1 Å². The van der Waals surface area contributed by atoms with Gasteiger partial charge < -0.3 is 24.5 Å². The second-order valence-electron chi connectivity index (χ2n) is 6.92. The minimum Gasteiger partial charge on any atom is -0.497 e. The number of rotatable bonds is 8. The molecule has 7 heteroatoms. The number of guanidine groups is 1. The minimum absolute atomic E-state index is 0.0443. The summed E-state index contributed by atoms with van der Waals surface area (Å²) in [6.45, 7) is 5.15. The summed E-state index contributed by atoms with van der Waals surface area (Å²) < 4.78 is 16.7. The van der Waals surface area contributed by atoms with E-state index < -0.39 is 0 Å². The molecule has 158 valence electrons. The molecule has 1 unspecified atom stereocenters. The van der Waals surface area contributed by atoms with Crippen LogP contribution in [0.5, 0.6) is 11.5 Å². The normalized spacial score (nSPS) is 12.3. The lowest BCUT2D eigenvalue weighted by molar-refractivity contribution is 0.223. The zero-order valence-corrected chi connectivity index (χ0v) is 17.8. The van der Waals surface area contributed by atoms with Crippen LogP contribution >= 0.6 is 0 Å². The Morgan fingerprint density at radius 3 is 2.43 bits per heavy atom. The molecule has 1 aromatic heterocycles. The highest BCUT2D eigenvalue weighted by molar-refractivity contribution is 5.79. The third-order valence-electron chi connectivity index (χ3n) is 4.46. The Bertz CT molecular complexity index is 949. The number of aliphatic imine (C=N–C) groups is 1. The fourth-order valence-corrected chi connectivity index (χ4v) is 2.78. The van der Waals surface area contributed by atoms with Gasteiger partial charge in [-0.05, 0) is 50.2 Å². The molecule has 7 nitrogen and oxygen atoms in total. The van der Waals surface area contributed by atoms with Crippen LogP contribution in [0.2, 0.25) is 0 Å². The van der Waals surface area contributed by atoms with Crippen LogP contribution in [0.1, 0.15) is 18.2 Å². The van der Waals surface area contributed by atoms with Crippen LogP contribution in [0.15, 0.2) is 64.2 Å². The van der Waals surface area contributed by atoms with Gasteiger partial charge in [-0.2, -0.15) is 0 Å². The number of oxazole rings is 1. The van der Waals surface area contributed by atoms with E-state index in [4.69, 9.17) is 13.9 Å². The average Bonchev–Trinajstić information content (AvgIpc) is 3.24. The molecule has 2 N–H and O–H groups in total. The number of aromatic nitrogens is 1. The molecule has 0 saturated carbocycles. The molecule has 0 saturated heterocycles. The summed E-state index contributed by atoms with van der Waals surface area (Å²) in [6.07, 6.45) is 1.61. The Balaban J connectivity index is 1.46. The maximum atomic E-state index is 5.90. The third kappa shape index (κ3) is 6.01. The molecule has 0 spiro atoms. The van der Waals surface area contributed by atoms with Crippen LogP contribution in [0.4, 0.5) is 0 Å². The number of benzene rings is 2. The summed E-state index contributed by atoms with van der Waals surface area (Å²) in [5.41, 5.74) is 2.96.